The number of benzene rings is 2. The van der Waals surface area contributed by atoms with Gasteiger partial charge in [0.25, 0.3) is 0 Å². The molecule has 0 aliphatic heterocycles. The molecule has 1 N–H and O–H groups in total. The van der Waals surface area contributed by atoms with E-state index in [2.05, 4.69) is 6.92 Å². The van der Waals surface area contributed by atoms with Crippen LogP contribution in [0.3, 0.4) is 0 Å². The zero-order chi connectivity index (χ0) is 21.7. The average Bonchev–Trinajstić information content (AvgIpc) is 3.06. The minimum absolute atomic E-state index is 0.0486. The van der Waals surface area contributed by atoms with E-state index in [1.54, 1.807) is 0 Å². The van der Waals surface area contributed by atoms with E-state index in [0.717, 1.165) is 21.7 Å². The van der Waals surface area contributed by atoms with Gasteiger partial charge in [0.15, 0.2) is 17.4 Å². The van der Waals surface area contributed by atoms with Crippen molar-refractivity contribution in [1.29, 1.82) is 0 Å². The van der Waals surface area contributed by atoms with Gasteiger partial charge in [0, 0.05) is 27.5 Å². The van der Waals surface area contributed by atoms with Gasteiger partial charge in [-0.25, -0.2) is 13.2 Å². The van der Waals surface area contributed by atoms with Gasteiger partial charge in [-0.1, -0.05) is 31.2 Å². The summed E-state index contributed by atoms with van der Waals surface area (Å²) in [6.07, 6.45) is 1.72. The minimum atomic E-state index is -0.800. The number of rotatable bonds is 9. The van der Waals surface area contributed by atoms with Gasteiger partial charge < -0.3 is 9.84 Å². The third-order valence-electron chi connectivity index (χ3n) is 5.12. The Morgan fingerprint density at radius 3 is 2.23 bits per heavy atom. The minimum Gasteiger partial charge on any atom is -0.483 e. The maximum atomic E-state index is 14.4. The van der Waals surface area contributed by atoms with Crippen LogP contribution in [0.25, 0.3) is 10.4 Å². The van der Waals surface area contributed by atoms with E-state index in [-0.39, 0.29) is 13.2 Å². The number of aliphatic hydroxyl groups excluding tert-OH is 1. The first-order chi connectivity index (χ1) is 14.5. The number of hydrogen-bond acceptors (Lipinski definition) is 3. The fraction of sp³-hybridized carbons (Fsp3) is 0.333. The van der Waals surface area contributed by atoms with Crippen molar-refractivity contribution in [2.24, 2.45) is 0 Å². The third kappa shape index (κ3) is 4.87. The van der Waals surface area contributed by atoms with Crippen LogP contribution < -0.4 is 4.74 Å². The second kappa shape index (κ2) is 10.1. The second-order valence-corrected chi connectivity index (χ2v) is 8.36. The summed E-state index contributed by atoms with van der Waals surface area (Å²) in [4.78, 5) is 1.68. The molecular weight excluding hydrogens is 409 g/mol. The summed E-state index contributed by atoms with van der Waals surface area (Å²) < 4.78 is 48.1. The quantitative estimate of drug-likeness (QED) is 0.414. The molecule has 0 amide bonds. The molecule has 2 nitrogen and oxygen atoms in total. The molecule has 0 fully saturated rings. The van der Waals surface area contributed by atoms with Crippen molar-refractivity contribution in [2.45, 2.75) is 46.4 Å². The normalized spacial score (nSPS) is 11.1. The second-order valence-electron chi connectivity index (χ2n) is 7.13. The first-order valence-corrected chi connectivity index (χ1v) is 10.8. The smallest absolute Gasteiger partial charge is 0.191 e. The summed E-state index contributed by atoms with van der Waals surface area (Å²) in [5.41, 5.74) is 3.71. The molecule has 2 aromatic carbocycles. The largest absolute Gasteiger partial charge is 0.483 e. The Hall–Kier alpha value is -2.31. The van der Waals surface area contributed by atoms with Crippen LogP contribution in [0.5, 0.6) is 5.75 Å². The van der Waals surface area contributed by atoms with E-state index in [4.69, 9.17) is 9.84 Å². The SMILES string of the molecule is CCc1ccc(-c2sc(C)c(CF)c2COc2c(F)cc(CCCO)cc2F)cc1. The summed E-state index contributed by atoms with van der Waals surface area (Å²) in [7, 11) is 0. The Kier molecular flexibility index (Phi) is 7.56. The highest BCUT2D eigenvalue weighted by molar-refractivity contribution is 7.15. The van der Waals surface area contributed by atoms with E-state index in [0.29, 0.717) is 29.5 Å². The van der Waals surface area contributed by atoms with Gasteiger partial charge in [-0.3, -0.25) is 0 Å². The van der Waals surface area contributed by atoms with Crippen LogP contribution >= 0.6 is 11.3 Å². The Morgan fingerprint density at radius 1 is 1.00 bits per heavy atom. The molecule has 0 saturated heterocycles. The molecule has 3 aromatic rings. The zero-order valence-electron chi connectivity index (χ0n) is 17.1. The fourth-order valence-corrected chi connectivity index (χ4v) is 4.57. The van der Waals surface area contributed by atoms with E-state index < -0.39 is 24.1 Å². The summed E-state index contributed by atoms with van der Waals surface area (Å²) in [6.45, 7) is 3.07. The zero-order valence-corrected chi connectivity index (χ0v) is 17.9. The molecule has 3 rings (SSSR count). The Labute approximate surface area is 179 Å². The molecule has 0 aliphatic carbocycles. The lowest BCUT2D eigenvalue weighted by Gasteiger charge is -2.12. The maximum Gasteiger partial charge on any atom is 0.191 e. The average molecular weight is 435 g/mol. The van der Waals surface area contributed by atoms with Crippen molar-refractivity contribution in [2.75, 3.05) is 6.61 Å². The summed E-state index contributed by atoms with van der Waals surface area (Å²) >= 11 is 1.46. The first-order valence-electron chi connectivity index (χ1n) is 9.96. The van der Waals surface area contributed by atoms with E-state index in [1.165, 1.54) is 29.0 Å². The molecule has 0 bridgehead atoms. The van der Waals surface area contributed by atoms with E-state index in [1.807, 2.05) is 31.2 Å². The molecule has 160 valence electrons. The van der Waals surface area contributed by atoms with Crippen molar-refractivity contribution in [3.63, 3.8) is 0 Å². The van der Waals surface area contributed by atoms with Gasteiger partial charge in [0.05, 0.1) is 0 Å². The van der Waals surface area contributed by atoms with Gasteiger partial charge in [-0.2, -0.15) is 0 Å². The van der Waals surface area contributed by atoms with Crippen LogP contribution in [0.2, 0.25) is 0 Å². The number of alkyl halides is 1. The number of thiophene rings is 1. The molecule has 0 aliphatic rings. The van der Waals surface area contributed by atoms with Crippen LogP contribution in [0.15, 0.2) is 36.4 Å². The highest BCUT2D eigenvalue weighted by atomic mass is 32.1. The lowest BCUT2D eigenvalue weighted by Crippen LogP contribution is -2.04. The highest BCUT2D eigenvalue weighted by Crippen LogP contribution is 2.38. The predicted molar refractivity (Wildman–Crippen MR) is 115 cm³/mol. The number of halogens is 3. The molecule has 0 unspecified atom stereocenters. The number of aryl methyl sites for hydroxylation is 3. The standard InChI is InChI=1S/C24H25F3O2S/c1-3-16-6-8-18(9-7-16)24-20(19(13-25)15(2)30-24)14-29-23-21(26)11-17(5-4-10-28)12-22(23)27/h6-9,11-12,28H,3-5,10,13-14H2,1-2H3. The summed E-state index contributed by atoms with van der Waals surface area (Å²) in [5.74, 6) is -2.07. The monoisotopic (exact) mass is 434 g/mol. The first kappa shape index (κ1) is 22.4. The Morgan fingerprint density at radius 2 is 1.67 bits per heavy atom. The molecule has 6 heteroatoms. The Bertz CT molecular complexity index is 973. The molecule has 1 aromatic heterocycles. The molecule has 0 radical (unpaired) electrons. The topological polar surface area (TPSA) is 29.5 Å². The lowest BCUT2D eigenvalue weighted by atomic mass is 10.0. The molecule has 30 heavy (non-hydrogen) atoms. The third-order valence-corrected chi connectivity index (χ3v) is 6.36. The van der Waals surface area contributed by atoms with Crippen molar-refractivity contribution in [3.05, 3.63) is 75.2 Å². The predicted octanol–water partition coefficient (Wildman–Crippen LogP) is 6.54. The van der Waals surface area contributed by atoms with Gasteiger partial charge in [0.2, 0.25) is 0 Å². The van der Waals surface area contributed by atoms with Crippen molar-refractivity contribution >= 4 is 11.3 Å². The van der Waals surface area contributed by atoms with Crippen molar-refractivity contribution in [1.82, 2.24) is 0 Å². The molecule has 0 saturated carbocycles. The van der Waals surface area contributed by atoms with Gasteiger partial charge in [0.1, 0.15) is 13.3 Å². The number of hydrogen-bond donors (Lipinski definition) is 1. The highest BCUT2D eigenvalue weighted by Gasteiger charge is 2.20. The maximum absolute atomic E-state index is 14.4. The Balaban J connectivity index is 1.89. The van der Waals surface area contributed by atoms with Crippen LogP contribution in [0, 0.1) is 18.6 Å². The molecular formula is C24H25F3O2S. The van der Waals surface area contributed by atoms with Crippen LogP contribution in [0.4, 0.5) is 13.2 Å². The van der Waals surface area contributed by atoms with Crippen molar-refractivity contribution < 1.29 is 23.0 Å². The summed E-state index contributed by atoms with van der Waals surface area (Å²) in [5, 5.41) is 8.89. The van der Waals surface area contributed by atoms with Gasteiger partial charge >= 0.3 is 0 Å². The fourth-order valence-electron chi connectivity index (χ4n) is 3.40. The summed E-state index contributed by atoms with van der Waals surface area (Å²) in [6, 6.07) is 10.4. The molecule has 0 atom stereocenters. The lowest BCUT2D eigenvalue weighted by molar-refractivity contribution is 0.271. The van der Waals surface area contributed by atoms with E-state index in [9.17, 15) is 13.2 Å². The van der Waals surface area contributed by atoms with E-state index >= 15 is 0 Å². The van der Waals surface area contributed by atoms with Gasteiger partial charge in [-0.15, -0.1) is 11.3 Å². The van der Waals surface area contributed by atoms with Crippen LogP contribution in [-0.2, 0) is 26.1 Å². The van der Waals surface area contributed by atoms with Crippen LogP contribution in [-0.4, -0.2) is 11.7 Å². The van der Waals surface area contributed by atoms with Gasteiger partial charge in [-0.05, 0) is 55.0 Å². The van der Waals surface area contributed by atoms with Crippen LogP contribution in [0.1, 0.15) is 40.5 Å². The van der Waals surface area contributed by atoms with Crippen molar-refractivity contribution in [3.8, 4) is 16.2 Å². The number of aliphatic hydroxyl groups is 1. The number of ether oxygens (including phenoxy) is 1. The molecule has 0 spiro atoms. The molecule has 1 heterocycles.